The Bertz CT molecular complexity index is 1420. The number of fused-ring (bicyclic) bond motifs is 1. The highest BCUT2D eigenvalue weighted by atomic mass is 32.2. The van der Waals surface area contributed by atoms with Gasteiger partial charge in [0.05, 0.1) is 21.8 Å². The first kappa shape index (κ1) is 21.8. The van der Waals surface area contributed by atoms with Crippen LogP contribution >= 0.6 is 0 Å². The number of nitrogens with zero attached hydrogens (tertiary/aromatic N) is 3. The van der Waals surface area contributed by atoms with Crippen LogP contribution in [-0.2, 0) is 16.9 Å². The normalized spacial score (nSPS) is 15.2. The molecule has 2 aromatic heterocycles. The number of hydrogen-bond acceptors (Lipinski definition) is 5. The minimum Gasteiger partial charge on any atom is -0.327 e. The molecule has 1 N–H and O–H groups in total. The van der Waals surface area contributed by atoms with Crippen LogP contribution in [0.3, 0.4) is 0 Å². The van der Waals surface area contributed by atoms with Gasteiger partial charge in [0.2, 0.25) is 0 Å². The zero-order valence-corrected chi connectivity index (χ0v) is 20.0. The lowest BCUT2D eigenvalue weighted by atomic mass is 9.89. The predicted molar refractivity (Wildman–Crippen MR) is 132 cm³/mol. The number of aromatic nitrogens is 3. The SMILES string of the molecule is Cc1nc(-c2ccc(C3CCNCC3)cc2)cc2c1nc(-c1ccc(S(C)(=O)=O)cc1)n2C. The third-order valence-electron chi connectivity index (χ3n) is 6.60. The van der Waals surface area contributed by atoms with Crippen LogP contribution in [0, 0.1) is 6.92 Å². The van der Waals surface area contributed by atoms with Crippen LogP contribution in [0.5, 0.6) is 0 Å². The number of sulfone groups is 1. The van der Waals surface area contributed by atoms with E-state index in [1.807, 2.05) is 18.5 Å². The molecule has 1 fully saturated rings. The van der Waals surface area contributed by atoms with Crippen LogP contribution in [0.4, 0.5) is 0 Å². The predicted octanol–water partition coefficient (Wildman–Crippen LogP) is 4.48. The molecule has 0 atom stereocenters. The van der Waals surface area contributed by atoms with Gasteiger partial charge >= 0.3 is 0 Å². The maximum atomic E-state index is 11.8. The smallest absolute Gasteiger partial charge is 0.175 e. The summed E-state index contributed by atoms with van der Waals surface area (Å²) in [5, 5.41) is 3.43. The van der Waals surface area contributed by atoms with Gasteiger partial charge in [-0.1, -0.05) is 24.3 Å². The summed E-state index contributed by atoms with van der Waals surface area (Å²) in [7, 11) is -1.25. The van der Waals surface area contributed by atoms with Gasteiger partial charge in [-0.15, -0.1) is 0 Å². The van der Waals surface area contributed by atoms with Crippen molar-refractivity contribution in [2.75, 3.05) is 19.3 Å². The zero-order valence-electron chi connectivity index (χ0n) is 19.2. The first-order valence-corrected chi connectivity index (χ1v) is 13.2. The molecule has 0 amide bonds. The van der Waals surface area contributed by atoms with E-state index in [2.05, 4.69) is 35.6 Å². The minimum atomic E-state index is -3.23. The molecule has 0 radical (unpaired) electrons. The molecular weight excluding hydrogens is 432 g/mol. The van der Waals surface area contributed by atoms with E-state index < -0.39 is 9.84 Å². The Kier molecular flexibility index (Phi) is 5.54. The third-order valence-corrected chi connectivity index (χ3v) is 7.73. The molecule has 3 heterocycles. The fourth-order valence-electron chi connectivity index (χ4n) is 4.68. The number of imidazole rings is 1. The molecule has 1 aliphatic heterocycles. The Morgan fingerprint density at radius 1 is 0.939 bits per heavy atom. The summed E-state index contributed by atoms with van der Waals surface area (Å²) in [6, 6.07) is 17.8. The maximum Gasteiger partial charge on any atom is 0.175 e. The van der Waals surface area contributed by atoms with Crippen molar-refractivity contribution in [1.82, 2.24) is 19.9 Å². The van der Waals surface area contributed by atoms with Gasteiger partial charge in [0, 0.05) is 24.4 Å². The Hall–Kier alpha value is -3.03. The molecule has 33 heavy (non-hydrogen) atoms. The van der Waals surface area contributed by atoms with E-state index >= 15 is 0 Å². The van der Waals surface area contributed by atoms with Gasteiger partial charge in [0.1, 0.15) is 11.3 Å². The second-order valence-corrected chi connectivity index (χ2v) is 10.9. The standard InChI is InChI=1S/C26H28N4O2S/c1-17-25-24(30(2)26(29-25)21-8-10-22(11-9-21)33(3,31)32)16-23(28-17)20-6-4-18(5-7-20)19-12-14-27-15-13-19/h4-11,16,19,27H,12-15H2,1-3H3. The minimum absolute atomic E-state index is 0.304. The van der Waals surface area contributed by atoms with Gasteiger partial charge in [-0.3, -0.25) is 4.98 Å². The fourth-order valence-corrected chi connectivity index (χ4v) is 5.31. The number of pyridine rings is 1. The molecule has 0 spiro atoms. The molecular formula is C26H28N4O2S. The lowest BCUT2D eigenvalue weighted by Gasteiger charge is -2.23. The van der Waals surface area contributed by atoms with E-state index in [1.54, 1.807) is 24.3 Å². The molecule has 0 unspecified atom stereocenters. The van der Waals surface area contributed by atoms with Gasteiger partial charge in [-0.05, 0) is 74.7 Å². The summed E-state index contributed by atoms with van der Waals surface area (Å²) in [5.41, 5.74) is 7.03. The topological polar surface area (TPSA) is 76.9 Å². The van der Waals surface area contributed by atoms with Crippen molar-refractivity contribution in [3.8, 4) is 22.6 Å². The molecule has 5 rings (SSSR count). The van der Waals surface area contributed by atoms with Gasteiger partial charge in [0.15, 0.2) is 9.84 Å². The molecule has 170 valence electrons. The molecule has 4 aromatic rings. The number of piperidine rings is 1. The first-order valence-electron chi connectivity index (χ1n) is 11.3. The van der Waals surface area contributed by atoms with Crippen molar-refractivity contribution in [3.05, 3.63) is 65.9 Å². The average Bonchev–Trinajstić information content (AvgIpc) is 3.16. The summed E-state index contributed by atoms with van der Waals surface area (Å²) in [4.78, 5) is 9.98. The molecule has 0 saturated carbocycles. The third kappa shape index (κ3) is 4.18. The van der Waals surface area contributed by atoms with Crippen molar-refractivity contribution in [2.45, 2.75) is 30.6 Å². The summed E-state index contributed by atoms with van der Waals surface area (Å²) in [5.74, 6) is 1.42. The number of aryl methyl sites for hydroxylation is 2. The molecule has 6 nitrogen and oxygen atoms in total. The Balaban J connectivity index is 1.51. The summed E-state index contributed by atoms with van der Waals surface area (Å²) < 4.78 is 25.6. The summed E-state index contributed by atoms with van der Waals surface area (Å²) in [6.45, 7) is 4.16. The lowest BCUT2D eigenvalue weighted by Crippen LogP contribution is -2.26. The van der Waals surface area contributed by atoms with E-state index in [0.717, 1.165) is 52.5 Å². The molecule has 1 aliphatic rings. The van der Waals surface area contributed by atoms with Crippen molar-refractivity contribution in [2.24, 2.45) is 7.05 Å². The monoisotopic (exact) mass is 460 g/mol. The quantitative estimate of drug-likeness (QED) is 0.486. The molecule has 0 bridgehead atoms. The summed E-state index contributed by atoms with van der Waals surface area (Å²) >= 11 is 0. The highest BCUT2D eigenvalue weighted by Crippen LogP contribution is 2.31. The second kappa shape index (κ2) is 8.39. The maximum absolute atomic E-state index is 11.8. The highest BCUT2D eigenvalue weighted by molar-refractivity contribution is 7.90. The van der Waals surface area contributed by atoms with Gasteiger partial charge in [-0.25, -0.2) is 13.4 Å². The number of hydrogen-bond donors (Lipinski definition) is 1. The van der Waals surface area contributed by atoms with Crippen LogP contribution in [-0.4, -0.2) is 42.3 Å². The highest BCUT2D eigenvalue weighted by Gasteiger charge is 2.17. The van der Waals surface area contributed by atoms with E-state index in [-0.39, 0.29) is 0 Å². The Labute approximate surface area is 194 Å². The van der Waals surface area contributed by atoms with Gasteiger partial charge in [-0.2, -0.15) is 0 Å². The molecule has 1 saturated heterocycles. The van der Waals surface area contributed by atoms with E-state index in [0.29, 0.717) is 10.8 Å². The lowest BCUT2D eigenvalue weighted by molar-refractivity contribution is 0.460. The van der Waals surface area contributed by atoms with Crippen molar-refractivity contribution < 1.29 is 8.42 Å². The van der Waals surface area contributed by atoms with E-state index in [1.165, 1.54) is 24.7 Å². The van der Waals surface area contributed by atoms with Gasteiger partial charge < -0.3 is 9.88 Å². The molecule has 7 heteroatoms. The fraction of sp³-hybridized carbons (Fsp3) is 0.308. The van der Waals surface area contributed by atoms with E-state index in [4.69, 9.17) is 9.97 Å². The van der Waals surface area contributed by atoms with E-state index in [9.17, 15) is 8.42 Å². The number of benzene rings is 2. The summed E-state index contributed by atoms with van der Waals surface area (Å²) in [6.07, 6.45) is 3.59. The molecule has 0 aliphatic carbocycles. The van der Waals surface area contributed by atoms with Crippen LogP contribution in [0.25, 0.3) is 33.7 Å². The second-order valence-electron chi connectivity index (χ2n) is 8.90. The largest absolute Gasteiger partial charge is 0.327 e. The van der Waals surface area contributed by atoms with Crippen molar-refractivity contribution >= 4 is 20.9 Å². The average molecular weight is 461 g/mol. The number of rotatable bonds is 4. The zero-order chi connectivity index (χ0) is 23.2. The van der Waals surface area contributed by atoms with Crippen molar-refractivity contribution in [1.29, 1.82) is 0 Å². The van der Waals surface area contributed by atoms with Crippen LogP contribution in [0.2, 0.25) is 0 Å². The van der Waals surface area contributed by atoms with Crippen LogP contribution in [0.1, 0.15) is 30.0 Å². The van der Waals surface area contributed by atoms with Crippen LogP contribution in [0.15, 0.2) is 59.5 Å². The first-order chi connectivity index (χ1) is 15.8. The van der Waals surface area contributed by atoms with Crippen molar-refractivity contribution in [3.63, 3.8) is 0 Å². The number of nitrogens with one attached hydrogen (secondary N) is 1. The van der Waals surface area contributed by atoms with Gasteiger partial charge in [0.25, 0.3) is 0 Å². The van der Waals surface area contributed by atoms with Crippen LogP contribution < -0.4 is 5.32 Å². The Morgan fingerprint density at radius 2 is 1.58 bits per heavy atom. The Morgan fingerprint density at radius 3 is 2.21 bits per heavy atom. The molecule has 2 aromatic carbocycles.